The summed E-state index contributed by atoms with van der Waals surface area (Å²) >= 11 is 3.45. The van der Waals surface area contributed by atoms with Crippen LogP contribution in [-0.2, 0) is 7.05 Å². The molecule has 0 bridgehead atoms. The molecule has 4 heteroatoms. The number of ether oxygens (including phenoxy) is 1. The first-order chi connectivity index (χ1) is 9.19. The first-order valence-corrected chi connectivity index (χ1v) is 6.75. The molecule has 0 amide bonds. The number of hydrogen-bond acceptors (Lipinski definition) is 2. The van der Waals surface area contributed by atoms with Crippen LogP contribution in [0.4, 0.5) is 0 Å². The normalized spacial score (nSPS) is 10.9. The lowest BCUT2D eigenvalue weighted by Gasteiger charge is -2.02. The van der Waals surface area contributed by atoms with Gasteiger partial charge in [0.25, 0.3) is 0 Å². The molecule has 96 valence electrons. The Kier molecular flexibility index (Phi) is 3.03. The van der Waals surface area contributed by atoms with Crippen molar-refractivity contribution in [2.75, 3.05) is 7.11 Å². The molecule has 0 atom stereocenters. The molecule has 0 aliphatic rings. The van der Waals surface area contributed by atoms with Crippen LogP contribution in [0.2, 0.25) is 0 Å². The summed E-state index contributed by atoms with van der Waals surface area (Å²) in [6.07, 6.45) is 0. The molecule has 0 radical (unpaired) electrons. The molecule has 0 saturated carbocycles. The largest absolute Gasteiger partial charge is 0.497 e. The average Bonchev–Trinajstić information content (AvgIpc) is 2.76. The van der Waals surface area contributed by atoms with E-state index in [2.05, 4.69) is 37.6 Å². The Balaban J connectivity index is 2.19. The van der Waals surface area contributed by atoms with Gasteiger partial charge in [0.15, 0.2) is 0 Å². The summed E-state index contributed by atoms with van der Waals surface area (Å²) < 4.78 is 8.40. The van der Waals surface area contributed by atoms with Gasteiger partial charge in [-0.25, -0.2) is 4.98 Å². The Morgan fingerprint density at radius 3 is 2.53 bits per heavy atom. The maximum Gasteiger partial charge on any atom is 0.140 e. The Morgan fingerprint density at radius 1 is 1.11 bits per heavy atom. The Bertz CT molecular complexity index is 732. The zero-order valence-corrected chi connectivity index (χ0v) is 12.3. The van der Waals surface area contributed by atoms with Gasteiger partial charge in [0.2, 0.25) is 0 Å². The van der Waals surface area contributed by atoms with Gasteiger partial charge in [0.1, 0.15) is 11.6 Å². The number of imidazole rings is 1. The third kappa shape index (κ3) is 2.12. The number of methoxy groups -OCH3 is 1. The molecule has 0 N–H and O–H groups in total. The van der Waals surface area contributed by atoms with Gasteiger partial charge < -0.3 is 9.30 Å². The van der Waals surface area contributed by atoms with E-state index in [0.717, 1.165) is 32.6 Å². The minimum absolute atomic E-state index is 0.827. The van der Waals surface area contributed by atoms with Gasteiger partial charge in [-0.3, -0.25) is 0 Å². The standard InChI is InChI=1S/C15H13BrN2O/c1-18-14-8-7-12(19-2)9-13(14)17-15(18)10-3-5-11(16)6-4-10/h3-9H,1-2H3. The van der Waals surface area contributed by atoms with Crippen LogP contribution < -0.4 is 4.74 Å². The molecular weight excluding hydrogens is 304 g/mol. The van der Waals surface area contributed by atoms with Gasteiger partial charge in [-0.15, -0.1) is 0 Å². The third-order valence-electron chi connectivity index (χ3n) is 3.19. The van der Waals surface area contributed by atoms with Gasteiger partial charge in [-0.05, 0) is 24.3 Å². The van der Waals surface area contributed by atoms with E-state index in [-0.39, 0.29) is 0 Å². The molecule has 0 aliphatic heterocycles. The molecule has 0 unspecified atom stereocenters. The van der Waals surface area contributed by atoms with E-state index in [9.17, 15) is 0 Å². The number of hydrogen-bond donors (Lipinski definition) is 0. The molecule has 0 spiro atoms. The predicted octanol–water partition coefficient (Wildman–Crippen LogP) is 4.01. The first kappa shape index (κ1) is 12.2. The van der Waals surface area contributed by atoms with Crippen molar-refractivity contribution in [3.05, 3.63) is 46.9 Å². The Hall–Kier alpha value is -1.81. The zero-order chi connectivity index (χ0) is 13.4. The molecule has 3 nitrogen and oxygen atoms in total. The van der Waals surface area contributed by atoms with Crippen molar-refractivity contribution in [3.8, 4) is 17.1 Å². The molecule has 3 aromatic rings. The van der Waals surface area contributed by atoms with Crippen molar-refractivity contribution in [1.29, 1.82) is 0 Å². The monoisotopic (exact) mass is 316 g/mol. The van der Waals surface area contributed by atoms with E-state index in [1.807, 2.05) is 37.4 Å². The fourth-order valence-corrected chi connectivity index (χ4v) is 2.43. The van der Waals surface area contributed by atoms with E-state index in [1.54, 1.807) is 7.11 Å². The first-order valence-electron chi connectivity index (χ1n) is 5.95. The van der Waals surface area contributed by atoms with E-state index < -0.39 is 0 Å². The molecule has 0 aliphatic carbocycles. The lowest BCUT2D eigenvalue weighted by Crippen LogP contribution is -1.92. The summed E-state index contributed by atoms with van der Waals surface area (Å²) in [5.74, 6) is 1.78. The number of aryl methyl sites for hydroxylation is 1. The Morgan fingerprint density at radius 2 is 1.84 bits per heavy atom. The van der Waals surface area contributed by atoms with E-state index in [4.69, 9.17) is 4.74 Å². The lowest BCUT2D eigenvalue weighted by atomic mass is 10.2. The summed E-state index contributed by atoms with van der Waals surface area (Å²) in [7, 11) is 3.69. The van der Waals surface area contributed by atoms with Crippen LogP contribution in [0.5, 0.6) is 5.75 Å². The number of rotatable bonds is 2. The molecule has 0 saturated heterocycles. The molecular formula is C15H13BrN2O. The summed E-state index contributed by atoms with van der Waals surface area (Å²) in [5.41, 5.74) is 3.14. The van der Waals surface area contributed by atoms with Crippen LogP contribution in [0.3, 0.4) is 0 Å². The smallest absolute Gasteiger partial charge is 0.140 e. The second-order valence-electron chi connectivity index (χ2n) is 4.36. The maximum absolute atomic E-state index is 5.24. The molecule has 1 aromatic heterocycles. The highest BCUT2D eigenvalue weighted by Gasteiger charge is 2.10. The highest BCUT2D eigenvalue weighted by molar-refractivity contribution is 9.10. The fraction of sp³-hybridized carbons (Fsp3) is 0.133. The number of aromatic nitrogens is 2. The van der Waals surface area contributed by atoms with Crippen molar-refractivity contribution >= 4 is 27.0 Å². The summed E-state index contributed by atoms with van der Waals surface area (Å²) in [6, 6.07) is 14.1. The number of nitrogens with zero attached hydrogens (tertiary/aromatic N) is 2. The van der Waals surface area contributed by atoms with Crippen LogP contribution in [0.15, 0.2) is 46.9 Å². The van der Waals surface area contributed by atoms with E-state index in [0.29, 0.717) is 0 Å². The predicted molar refractivity (Wildman–Crippen MR) is 80.4 cm³/mol. The van der Waals surface area contributed by atoms with Crippen LogP contribution >= 0.6 is 15.9 Å². The zero-order valence-electron chi connectivity index (χ0n) is 10.7. The molecule has 0 fully saturated rings. The molecule has 1 heterocycles. The highest BCUT2D eigenvalue weighted by Crippen LogP contribution is 2.27. The van der Waals surface area contributed by atoms with Crippen molar-refractivity contribution in [1.82, 2.24) is 9.55 Å². The van der Waals surface area contributed by atoms with Crippen LogP contribution in [0, 0.1) is 0 Å². The van der Waals surface area contributed by atoms with Gasteiger partial charge in [-0.1, -0.05) is 28.1 Å². The number of fused-ring (bicyclic) bond motifs is 1. The molecule has 19 heavy (non-hydrogen) atoms. The number of benzene rings is 2. The van der Waals surface area contributed by atoms with Crippen LogP contribution in [0.1, 0.15) is 0 Å². The van der Waals surface area contributed by atoms with Crippen LogP contribution in [-0.4, -0.2) is 16.7 Å². The summed E-state index contributed by atoms with van der Waals surface area (Å²) in [5, 5.41) is 0. The van der Waals surface area contributed by atoms with E-state index >= 15 is 0 Å². The fourth-order valence-electron chi connectivity index (χ4n) is 2.16. The van der Waals surface area contributed by atoms with Crippen molar-refractivity contribution in [3.63, 3.8) is 0 Å². The second kappa shape index (κ2) is 4.70. The van der Waals surface area contributed by atoms with Crippen molar-refractivity contribution in [2.45, 2.75) is 0 Å². The lowest BCUT2D eigenvalue weighted by molar-refractivity contribution is 0.415. The molecule has 2 aromatic carbocycles. The molecule has 3 rings (SSSR count). The minimum Gasteiger partial charge on any atom is -0.497 e. The second-order valence-corrected chi connectivity index (χ2v) is 5.27. The van der Waals surface area contributed by atoms with Gasteiger partial charge in [0, 0.05) is 23.2 Å². The quantitative estimate of drug-likeness (QED) is 0.714. The highest BCUT2D eigenvalue weighted by atomic mass is 79.9. The SMILES string of the molecule is COc1ccc2c(c1)nc(-c1ccc(Br)cc1)n2C. The van der Waals surface area contributed by atoms with Crippen molar-refractivity contribution < 1.29 is 4.74 Å². The van der Waals surface area contributed by atoms with Crippen molar-refractivity contribution in [2.24, 2.45) is 7.05 Å². The van der Waals surface area contributed by atoms with Gasteiger partial charge in [-0.2, -0.15) is 0 Å². The van der Waals surface area contributed by atoms with E-state index in [1.165, 1.54) is 0 Å². The summed E-state index contributed by atoms with van der Waals surface area (Å²) in [4.78, 5) is 4.69. The minimum atomic E-state index is 0.827. The average molecular weight is 317 g/mol. The number of halogens is 1. The Labute approximate surface area is 120 Å². The topological polar surface area (TPSA) is 27.1 Å². The van der Waals surface area contributed by atoms with Crippen LogP contribution in [0.25, 0.3) is 22.4 Å². The van der Waals surface area contributed by atoms with Gasteiger partial charge >= 0.3 is 0 Å². The summed E-state index contributed by atoms with van der Waals surface area (Å²) in [6.45, 7) is 0. The van der Waals surface area contributed by atoms with Gasteiger partial charge in [0.05, 0.1) is 18.1 Å². The third-order valence-corrected chi connectivity index (χ3v) is 3.72. The maximum atomic E-state index is 5.24.